The number of carbonyl (C=O) groups is 1. The Bertz CT molecular complexity index is 410. The van der Waals surface area contributed by atoms with Gasteiger partial charge in [-0.2, -0.15) is 0 Å². The molecule has 0 amide bonds. The Hall–Kier alpha value is -1.65. The van der Waals surface area contributed by atoms with Crippen LogP contribution in [0.2, 0.25) is 0 Å². The van der Waals surface area contributed by atoms with E-state index >= 15 is 0 Å². The normalized spacial score (nSPS) is 14.7. The van der Waals surface area contributed by atoms with E-state index in [4.69, 9.17) is 5.11 Å². The van der Waals surface area contributed by atoms with E-state index in [-0.39, 0.29) is 6.54 Å². The topological polar surface area (TPSA) is 66.3 Å². The number of aliphatic carboxylic acids is 1. The summed E-state index contributed by atoms with van der Waals surface area (Å²) in [6.07, 6.45) is 2.39. The number of aryl methyl sites for hydroxylation is 2. The lowest BCUT2D eigenvalue weighted by atomic mass is 10.3. The number of hydrogen-bond acceptors (Lipinski definition) is 4. The van der Waals surface area contributed by atoms with Crippen LogP contribution in [0, 0.1) is 19.8 Å². The Morgan fingerprint density at radius 2 is 2.18 bits per heavy atom. The monoisotopic (exact) mass is 235 g/mol. The Morgan fingerprint density at radius 3 is 2.71 bits per heavy atom. The molecule has 1 saturated carbocycles. The maximum absolute atomic E-state index is 10.9. The van der Waals surface area contributed by atoms with Crippen molar-refractivity contribution >= 4 is 11.8 Å². The molecule has 0 aliphatic heterocycles. The minimum atomic E-state index is -0.820. The van der Waals surface area contributed by atoms with Crippen molar-refractivity contribution in [1.29, 1.82) is 0 Å². The quantitative estimate of drug-likeness (QED) is 0.835. The maximum atomic E-state index is 10.9. The minimum Gasteiger partial charge on any atom is -0.480 e. The van der Waals surface area contributed by atoms with Gasteiger partial charge < -0.3 is 10.0 Å². The molecule has 1 aromatic heterocycles. The Morgan fingerprint density at radius 1 is 1.47 bits per heavy atom. The van der Waals surface area contributed by atoms with Crippen molar-refractivity contribution in [2.75, 3.05) is 18.0 Å². The summed E-state index contributed by atoms with van der Waals surface area (Å²) in [5, 5.41) is 8.93. The van der Waals surface area contributed by atoms with Gasteiger partial charge in [0.25, 0.3) is 0 Å². The molecule has 1 aliphatic carbocycles. The molecular formula is C12H17N3O2. The molecular weight excluding hydrogens is 218 g/mol. The van der Waals surface area contributed by atoms with E-state index in [1.165, 1.54) is 12.8 Å². The summed E-state index contributed by atoms with van der Waals surface area (Å²) in [7, 11) is 0. The molecule has 0 saturated heterocycles. The first-order valence-corrected chi connectivity index (χ1v) is 5.83. The van der Waals surface area contributed by atoms with E-state index in [2.05, 4.69) is 9.97 Å². The predicted octanol–water partition coefficient (Wildman–Crippen LogP) is 1.39. The fourth-order valence-corrected chi connectivity index (χ4v) is 1.87. The number of nitrogens with zero attached hydrogens (tertiary/aromatic N) is 3. The van der Waals surface area contributed by atoms with Gasteiger partial charge in [0.05, 0.1) is 0 Å². The number of carboxylic acids is 1. The van der Waals surface area contributed by atoms with Crippen LogP contribution in [-0.2, 0) is 4.79 Å². The molecule has 2 rings (SSSR count). The Kier molecular flexibility index (Phi) is 3.26. The first kappa shape index (κ1) is 11.8. The van der Waals surface area contributed by atoms with E-state index in [0.29, 0.717) is 11.7 Å². The van der Waals surface area contributed by atoms with Crippen LogP contribution in [0.15, 0.2) is 6.07 Å². The average Bonchev–Trinajstić information content (AvgIpc) is 2.98. The lowest BCUT2D eigenvalue weighted by molar-refractivity contribution is -0.135. The highest BCUT2D eigenvalue weighted by molar-refractivity contribution is 5.73. The van der Waals surface area contributed by atoms with E-state index in [1.54, 1.807) is 0 Å². The standard InChI is InChI=1S/C12H17N3O2/c1-8-5-11(14-9(2)13-8)15(7-12(16)17)6-10-3-4-10/h5,10H,3-4,6-7H2,1-2H3,(H,16,17). The zero-order valence-electron chi connectivity index (χ0n) is 10.2. The summed E-state index contributed by atoms with van der Waals surface area (Å²) in [4.78, 5) is 21.2. The Labute approximate surface area is 100 Å². The number of carboxylic acid groups (broad SMARTS) is 1. The predicted molar refractivity (Wildman–Crippen MR) is 64.1 cm³/mol. The summed E-state index contributed by atoms with van der Waals surface area (Å²) < 4.78 is 0. The second-order valence-electron chi connectivity index (χ2n) is 4.63. The molecule has 1 fully saturated rings. The zero-order valence-corrected chi connectivity index (χ0v) is 10.2. The SMILES string of the molecule is Cc1cc(N(CC(=O)O)CC2CC2)nc(C)n1. The third-order valence-electron chi connectivity index (χ3n) is 2.78. The van der Waals surface area contributed by atoms with Crippen molar-refractivity contribution in [2.45, 2.75) is 26.7 Å². The molecule has 1 N–H and O–H groups in total. The molecule has 1 aliphatic rings. The van der Waals surface area contributed by atoms with Crippen LogP contribution in [0.3, 0.4) is 0 Å². The third-order valence-corrected chi connectivity index (χ3v) is 2.78. The Balaban J connectivity index is 2.19. The van der Waals surface area contributed by atoms with Crippen LogP contribution in [0.5, 0.6) is 0 Å². The summed E-state index contributed by atoms with van der Waals surface area (Å²) >= 11 is 0. The van der Waals surface area contributed by atoms with Crippen molar-refractivity contribution in [3.8, 4) is 0 Å². The van der Waals surface area contributed by atoms with Crippen LogP contribution in [0.1, 0.15) is 24.4 Å². The molecule has 1 heterocycles. The summed E-state index contributed by atoms with van der Waals surface area (Å²) in [6, 6.07) is 1.85. The van der Waals surface area contributed by atoms with Gasteiger partial charge in [-0.15, -0.1) is 0 Å². The first-order valence-electron chi connectivity index (χ1n) is 5.83. The molecule has 0 spiro atoms. The highest BCUT2D eigenvalue weighted by atomic mass is 16.4. The molecule has 17 heavy (non-hydrogen) atoms. The van der Waals surface area contributed by atoms with Crippen molar-refractivity contribution < 1.29 is 9.90 Å². The fourth-order valence-electron chi connectivity index (χ4n) is 1.87. The van der Waals surface area contributed by atoms with Gasteiger partial charge >= 0.3 is 5.97 Å². The zero-order chi connectivity index (χ0) is 12.4. The summed E-state index contributed by atoms with van der Waals surface area (Å²) in [5.74, 6) is 1.22. The van der Waals surface area contributed by atoms with Gasteiger partial charge in [-0.3, -0.25) is 4.79 Å². The molecule has 0 aromatic carbocycles. The number of rotatable bonds is 5. The lowest BCUT2D eigenvalue weighted by Gasteiger charge is -2.22. The van der Waals surface area contributed by atoms with Gasteiger partial charge in [-0.05, 0) is 32.6 Å². The molecule has 0 atom stereocenters. The van der Waals surface area contributed by atoms with Gasteiger partial charge in [0, 0.05) is 18.3 Å². The van der Waals surface area contributed by atoms with Crippen molar-refractivity contribution in [1.82, 2.24) is 9.97 Å². The summed E-state index contributed by atoms with van der Waals surface area (Å²) in [6.45, 7) is 4.51. The van der Waals surface area contributed by atoms with Gasteiger partial charge in [-0.1, -0.05) is 0 Å². The number of hydrogen-bond donors (Lipinski definition) is 1. The van der Waals surface area contributed by atoms with Crippen LogP contribution in [0.25, 0.3) is 0 Å². The molecule has 5 heteroatoms. The van der Waals surface area contributed by atoms with Gasteiger partial charge in [0.2, 0.25) is 0 Å². The van der Waals surface area contributed by atoms with Crippen LogP contribution >= 0.6 is 0 Å². The number of aromatic nitrogens is 2. The average molecular weight is 235 g/mol. The minimum absolute atomic E-state index is 0.00634. The third kappa shape index (κ3) is 3.41. The van der Waals surface area contributed by atoms with Crippen LogP contribution < -0.4 is 4.90 Å². The second kappa shape index (κ2) is 4.69. The van der Waals surface area contributed by atoms with Crippen molar-refractivity contribution in [3.05, 3.63) is 17.6 Å². The van der Waals surface area contributed by atoms with E-state index < -0.39 is 5.97 Å². The van der Waals surface area contributed by atoms with E-state index in [1.807, 2.05) is 24.8 Å². The van der Waals surface area contributed by atoms with Crippen molar-refractivity contribution in [2.24, 2.45) is 5.92 Å². The highest BCUT2D eigenvalue weighted by Crippen LogP contribution is 2.31. The lowest BCUT2D eigenvalue weighted by Crippen LogP contribution is -2.32. The van der Waals surface area contributed by atoms with Gasteiger partial charge in [0.15, 0.2) is 0 Å². The molecule has 92 valence electrons. The van der Waals surface area contributed by atoms with Crippen molar-refractivity contribution in [3.63, 3.8) is 0 Å². The van der Waals surface area contributed by atoms with Crippen LogP contribution in [0.4, 0.5) is 5.82 Å². The fraction of sp³-hybridized carbons (Fsp3) is 0.583. The second-order valence-corrected chi connectivity index (χ2v) is 4.63. The molecule has 1 aromatic rings. The van der Waals surface area contributed by atoms with Crippen LogP contribution in [-0.4, -0.2) is 34.1 Å². The molecule has 0 bridgehead atoms. The first-order chi connectivity index (χ1) is 8.04. The summed E-state index contributed by atoms with van der Waals surface area (Å²) in [5.41, 5.74) is 0.874. The largest absolute Gasteiger partial charge is 0.480 e. The van der Waals surface area contributed by atoms with E-state index in [9.17, 15) is 4.79 Å². The molecule has 0 radical (unpaired) electrons. The smallest absolute Gasteiger partial charge is 0.323 e. The van der Waals surface area contributed by atoms with E-state index in [0.717, 1.165) is 18.1 Å². The molecule has 0 unspecified atom stereocenters. The maximum Gasteiger partial charge on any atom is 0.323 e. The highest BCUT2D eigenvalue weighted by Gasteiger charge is 2.26. The molecule has 5 nitrogen and oxygen atoms in total. The van der Waals surface area contributed by atoms with Gasteiger partial charge in [0.1, 0.15) is 18.2 Å². The number of anilines is 1. The van der Waals surface area contributed by atoms with Gasteiger partial charge in [-0.25, -0.2) is 9.97 Å².